The lowest BCUT2D eigenvalue weighted by atomic mass is 10.0. The van der Waals surface area contributed by atoms with E-state index in [-0.39, 0.29) is 16.4 Å². The van der Waals surface area contributed by atoms with Gasteiger partial charge in [-0.25, -0.2) is 14.2 Å². The number of hydrogen-bond acceptors (Lipinski definition) is 4. The highest BCUT2D eigenvalue weighted by Gasteiger charge is 2.12. The van der Waals surface area contributed by atoms with Crippen LogP contribution in [0.2, 0.25) is 0 Å². The first kappa shape index (κ1) is 16.7. The third kappa shape index (κ3) is 2.79. The van der Waals surface area contributed by atoms with Crippen LogP contribution in [0.3, 0.4) is 0 Å². The third-order valence-corrected chi connectivity index (χ3v) is 4.46. The smallest absolute Gasteiger partial charge is 0.335 e. The molecule has 0 aliphatic carbocycles. The normalized spacial score (nSPS) is 11.0. The zero-order valence-corrected chi connectivity index (χ0v) is 14.2. The number of aromatic carboxylic acids is 1. The molecule has 0 unspecified atom stereocenters. The Morgan fingerprint density at radius 3 is 2.52 bits per heavy atom. The lowest BCUT2D eigenvalue weighted by molar-refractivity contribution is 0.0697. The highest BCUT2D eigenvalue weighted by molar-refractivity contribution is 5.98. The second kappa shape index (κ2) is 6.21. The highest BCUT2D eigenvalue weighted by atomic mass is 19.1. The molecular formula is C20H14FN3O3. The van der Waals surface area contributed by atoms with Gasteiger partial charge in [-0.05, 0) is 35.9 Å². The molecule has 0 atom stereocenters. The van der Waals surface area contributed by atoms with Crippen LogP contribution < -0.4 is 10.7 Å². The number of H-pyrrole nitrogens is 1. The average molecular weight is 363 g/mol. The van der Waals surface area contributed by atoms with Crippen LogP contribution >= 0.6 is 0 Å². The molecule has 0 saturated heterocycles. The second-order valence-corrected chi connectivity index (χ2v) is 6.08. The van der Waals surface area contributed by atoms with Crippen molar-refractivity contribution in [1.82, 2.24) is 9.97 Å². The molecule has 4 aromatic rings. The second-order valence-electron chi connectivity index (χ2n) is 6.08. The fourth-order valence-corrected chi connectivity index (χ4v) is 3.08. The van der Waals surface area contributed by atoms with Gasteiger partial charge in [-0.3, -0.25) is 4.79 Å². The van der Waals surface area contributed by atoms with E-state index < -0.39 is 11.8 Å². The van der Waals surface area contributed by atoms with E-state index in [1.165, 1.54) is 24.3 Å². The van der Waals surface area contributed by atoms with Gasteiger partial charge in [0.15, 0.2) is 5.43 Å². The van der Waals surface area contributed by atoms with Crippen molar-refractivity contribution in [2.45, 2.75) is 0 Å². The minimum absolute atomic E-state index is 0.173. The Labute approximate surface area is 152 Å². The van der Waals surface area contributed by atoms with Crippen molar-refractivity contribution >= 4 is 33.6 Å². The summed E-state index contributed by atoms with van der Waals surface area (Å²) in [6, 6.07) is 10.5. The van der Waals surface area contributed by atoms with Crippen LogP contribution in [0.4, 0.5) is 10.1 Å². The molecule has 0 spiro atoms. The molecule has 134 valence electrons. The van der Waals surface area contributed by atoms with E-state index >= 15 is 0 Å². The van der Waals surface area contributed by atoms with E-state index in [1.54, 1.807) is 31.4 Å². The van der Waals surface area contributed by atoms with Crippen molar-refractivity contribution < 1.29 is 14.3 Å². The standard InChI is InChI=1S/C20H14FN3O3/c1-22-16-8-13(21)7-14-17(16)24-19-15(18(14)25)6-12(9-23-19)10-2-4-11(5-3-10)20(26)27/h2-9,22H,1H3,(H,26,27)(H,23,24,25). The molecule has 0 radical (unpaired) electrons. The van der Waals surface area contributed by atoms with E-state index in [2.05, 4.69) is 15.3 Å². The average Bonchev–Trinajstić information content (AvgIpc) is 2.68. The third-order valence-electron chi connectivity index (χ3n) is 4.46. The topological polar surface area (TPSA) is 95.1 Å². The van der Waals surface area contributed by atoms with Crippen LogP contribution in [0.5, 0.6) is 0 Å². The molecule has 6 nitrogen and oxygen atoms in total. The van der Waals surface area contributed by atoms with E-state index in [0.717, 1.165) is 5.56 Å². The SMILES string of the molecule is CNc1cc(F)cc2c(=O)c3cc(-c4ccc(C(=O)O)cc4)cnc3[nH]c12. The van der Waals surface area contributed by atoms with Gasteiger partial charge in [0.05, 0.1) is 27.5 Å². The summed E-state index contributed by atoms with van der Waals surface area (Å²) in [6.07, 6.45) is 1.60. The summed E-state index contributed by atoms with van der Waals surface area (Å²) < 4.78 is 13.9. The summed E-state index contributed by atoms with van der Waals surface area (Å²) in [4.78, 5) is 31.3. The number of carboxylic acid groups (broad SMARTS) is 1. The van der Waals surface area contributed by atoms with Crippen molar-refractivity contribution in [3.63, 3.8) is 0 Å². The number of fused-ring (bicyclic) bond motifs is 2. The van der Waals surface area contributed by atoms with Gasteiger partial charge < -0.3 is 15.4 Å². The van der Waals surface area contributed by atoms with Crippen molar-refractivity contribution in [1.29, 1.82) is 0 Å². The molecule has 27 heavy (non-hydrogen) atoms. The van der Waals surface area contributed by atoms with Crippen LogP contribution in [-0.2, 0) is 0 Å². The lowest BCUT2D eigenvalue weighted by Gasteiger charge is -2.09. The molecule has 2 aromatic carbocycles. The molecule has 4 rings (SSSR count). The fourth-order valence-electron chi connectivity index (χ4n) is 3.08. The lowest BCUT2D eigenvalue weighted by Crippen LogP contribution is -2.07. The maximum absolute atomic E-state index is 13.9. The number of nitrogens with one attached hydrogen (secondary N) is 2. The summed E-state index contributed by atoms with van der Waals surface area (Å²) in [5, 5.41) is 12.4. The van der Waals surface area contributed by atoms with E-state index in [0.29, 0.717) is 27.8 Å². The first-order valence-corrected chi connectivity index (χ1v) is 8.14. The summed E-state index contributed by atoms with van der Waals surface area (Å²) in [5.41, 5.74) is 2.58. The van der Waals surface area contributed by atoms with Crippen LogP contribution in [0.1, 0.15) is 10.4 Å². The fraction of sp³-hybridized carbons (Fsp3) is 0.0500. The predicted octanol–water partition coefficient (Wildman–Crippen LogP) is 3.62. The Morgan fingerprint density at radius 1 is 1.11 bits per heavy atom. The number of rotatable bonds is 3. The molecule has 2 heterocycles. The molecule has 3 N–H and O–H groups in total. The number of aromatic amines is 1. The molecule has 0 aliphatic heterocycles. The van der Waals surface area contributed by atoms with E-state index in [4.69, 9.17) is 5.11 Å². The van der Waals surface area contributed by atoms with Crippen LogP contribution in [-0.4, -0.2) is 28.1 Å². The Morgan fingerprint density at radius 2 is 1.85 bits per heavy atom. The minimum atomic E-state index is -1.01. The molecule has 0 bridgehead atoms. The van der Waals surface area contributed by atoms with Gasteiger partial charge in [-0.2, -0.15) is 0 Å². The number of carbonyl (C=O) groups is 1. The number of nitrogens with zero attached hydrogens (tertiary/aromatic N) is 1. The molecule has 0 aliphatic rings. The Kier molecular flexibility index (Phi) is 3.84. The van der Waals surface area contributed by atoms with Crippen molar-refractivity contribution in [3.05, 3.63) is 70.3 Å². The van der Waals surface area contributed by atoms with E-state index in [1.807, 2.05) is 0 Å². The maximum Gasteiger partial charge on any atom is 0.335 e. The Bertz CT molecular complexity index is 1260. The monoisotopic (exact) mass is 363 g/mol. The van der Waals surface area contributed by atoms with Gasteiger partial charge in [-0.1, -0.05) is 12.1 Å². The van der Waals surface area contributed by atoms with Gasteiger partial charge in [0.25, 0.3) is 0 Å². The maximum atomic E-state index is 13.9. The number of aromatic nitrogens is 2. The van der Waals surface area contributed by atoms with Gasteiger partial charge in [0.2, 0.25) is 0 Å². The number of anilines is 1. The molecule has 0 fully saturated rings. The molecule has 2 aromatic heterocycles. The zero-order chi connectivity index (χ0) is 19.1. The predicted molar refractivity (Wildman–Crippen MR) is 102 cm³/mol. The Hall–Kier alpha value is -3.74. The number of benzene rings is 2. The number of pyridine rings is 2. The van der Waals surface area contributed by atoms with Crippen LogP contribution in [0.15, 0.2) is 53.5 Å². The first-order valence-electron chi connectivity index (χ1n) is 8.14. The largest absolute Gasteiger partial charge is 0.478 e. The summed E-state index contributed by atoms with van der Waals surface area (Å²) in [5.74, 6) is -1.52. The molecular weight excluding hydrogens is 349 g/mol. The van der Waals surface area contributed by atoms with Gasteiger partial charge >= 0.3 is 5.97 Å². The van der Waals surface area contributed by atoms with Crippen molar-refractivity contribution in [2.75, 3.05) is 12.4 Å². The summed E-state index contributed by atoms with van der Waals surface area (Å²) >= 11 is 0. The van der Waals surface area contributed by atoms with Crippen LogP contribution in [0.25, 0.3) is 33.1 Å². The Balaban J connectivity index is 1.94. The van der Waals surface area contributed by atoms with Crippen molar-refractivity contribution in [2.24, 2.45) is 0 Å². The van der Waals surface area contributed by atoms with Crippen molar-refractivity contribution in [3.8, 4) is 11.1 Å². The number of hydrogen-bond donors (Lipinski definition) is 3. The quantitative estimate of drug-likeness (QED) is 0.483. The number of halogens is 1. The molecule has 7 heteroatoms. The van der Waals surface area contributed by atoms with Crippen LogP contribution in [0, 0.1) is 5.82 Å². The van der Waals surface area contributed by atoms with E-state index in [9.17, 15) is 14.0 Å². The first-order chi connectivity index (χ1) is 13.0. The molecule has 0 amide bonds. The minimum Gasteiger partial charge on any atom is -0.478 e. The molecule has 0 saturated carbocycles. The van der Waals surface area contributed by atoms with Gasteiger partial charge in [0.1, 0.15) is 11.5 Å². The highest BCUT2D eigenvalue weighted by Crippen LogP contribution is 2.25. The van der Waals surface area contributed by atoms with Gasteiger partial charge in [-0.15, -0.1) is 0 Å². The summed E-state index contributed by atoms with van der Waals surface area (Å²) in [6.45, 7) is 0. The number of carboxylic acids is 1. The zero-order valence-electron chi connectivity index (χ0n) is 14.2. The van der Waals surface area contributed by atoms with Gasteiger partial charge in [0, 0.05) is 18.8 Å². The summed E-state index contributed by atoms with van der Waals surface area (Å²) in [7, 11) is 1.65.